The van der Waals surface area contributed by atoms with E-state index in [2.05, 4.69) is 0 Å². The van der Waals surface area contributed by atoms with Crippen LogP contribution in [0.1, 0.15) is 25.7 Å². The molecule has 0 atom stereocenters. The summed E-state index contributed by atoms with van der Waals surface area (Å²) in [5, 5.41) is 9.07. The lowest BCUT2D eigenvalue weighted by Crippen LogP contribution is -2.45. The van der Waals surface area contributed by atoms with Crippen LogP contribution in [0.25, 0.3) is 0 Å². The zero-order valence-electron chi connectivity index (χ0n) is 5.92. The highest BCUT2D eigenvalue weighted by Crippen LogP contribution is 2.24. The molecule has 0 unspecified atom stereocenters. The number of carbonyl (C=O) groups excluding carboxylic acids is 1. The second-order valence-corrected chi connectivity index (χ2v) is 3.08. The van der Waals surface area contributed by atoms with Crippen molar-refractivity contribution in [3.05, 3.63) is 0 Å². The molecular formula is C7H13NO2. The summed E-state index contributed by atoms with van der Waals surface area (Å²) in [6.45, 7) is 0. The van der Waals surface area contributed by atoms with Crippen molar-refractivity contribution in [2.75, 3.05) is 0 Å². The fourth-order valence-electron chi connectivity index (χ4n) is 1.26. The Labute approximate surface area is 60.2 Å². The highest BCUT2D eigenvalue weighted by molar-refractivity contribution is 5.63. The number of aliphatic hydroxyl groups excluding tert-OH is 1. The van der Waals surface area contributed by atoms with Gasteiger partial charge in [0.15, 0.2) is 0 Å². The van der Waals surface area contributed by atoms with Crippen LogP contribution in [-0.4, -0.2) is 23.0 Å². The Morgan fingerprint density at radius 2 is 2.00 bits per heavy atom. The van der Waals surface area contributed by atoms with Gasteiger partial charge in [0.05, 0.1) is 11.6 Å². The monoisotopic (exact) mass is 143 g/mol. The maximum absolute atomic E-state index is 10.4. The van der Waals surface area contributed by atoms with Crippen LogP contribution in [0.5, 0.6) is 0 Å². The minimum absolute atomic E-state index is 0.239. The first-order chi connectivity index (χ1) is 4.66. The minimum Gasteiger partial charge on any atom is -0.393 e. The second kappa shape index (κ2) is 2.68. The lowest BCUT2D eigenvalue weighted by atomic mass is 9.82. The normalized spacial score (nSPS) is 41.2. The molecule has 0 heterocycles. The van der Waals surface area contributed by atoms with Gasteiger partial charge in [-0.15, -0.1) is 0 Å². The number of carbonyl (C=O) groups is 1. The molecule has 0 aromatic heterocycles. The average Bonchev–Trinajstić information content (AvgIpc) is 1.96. The fourth-order valence-corrected chi connectivity index (χ4v) is 1.26. The summed E-state index contributed by atoms with van der Waals surface area (Å²) in [5.74, 6) is 0. The van der Waals surface area contributed by atoms with Crippen molar-refractivity contribution in [2.45, 2.75) is 37.3 Å². The quantitative estimate of drug-likeness (QED) is 0.500. The zero-order valence-corrected chi connectivity index (χ0v) is 5.92. The zero-order chi connectivity index (χ0) is 7.61. The number of rotatable bonds is 1. The Morgan fingerprint density at radius 3 is 2.40 bits per heavy atom. The molecule has 3 N–H and O–H groups in total. The summed E-state index contributed by atoms with van der Waals surface area (Å²) >= 11 is 0. The van der Waals surface area contributed by atoms with Gasteiger partial charge in [0.25, 0.3) is 0 Å². The predicted molar refractivity (Wildman–Crippen MR) is 37.5 cm³/mol. The van der Waals surface area contributed by atoms with Crippen molar-refractivity contribution in [2.24, 2.45) is 5.73 Å². The van der Waals surface area contributed by atoms with Crippen molar-refractivity contribution in [3.63, 3.8) is 0 Å². The van der Waals surface area contributed by atoms with Crippen LogP contribution < -0.4 is 5.73 Å². The number of hydrogen-bond acceptors (Lipinski definition) is 3. The summed E-state index contributed by atoms with van der Waals surface area (Å²) in [6.07, 6.45) is 3.13. The molecule has 1 saturated carbocycles. The Bertz CT molecular complexity index is 128. The first-order valence-corrected chi connectivity index (χ1v) is 3.59. The van der Waals surface area contributed by atoms with E-state index in [4.69, 9.17) is 10.8 Å². The molecular weight excluding hydrogens is 130 g/mol. The van der Waals surface area contributed by atoms with E-state index in [1.807, 2.05) is 0 Å². The van der Waals surface area contributed by atoms with Gasteiger partial charge in [-0.2, -0.15) is 0 Å². The first-order valence-electron chi connectivity index (χ1n) is 3.59. The number of hydrogen-bond donors (Lipinski definition) is 2. The maximum atomic E-state index is 10.4. The van der Waals surface area contributed by atoms with Gasteiger partial charge in [0, 0.05) is 0 Å². The Hall–Kier alpha value is -0.410. The highest BCUT2D eigenvalue weighted by atomic mass is 16.3. The largest absolute Gasteiger partial charge is 0.393 e. The van der Waals surface area contributed by atoms with E-state index in [0.717, 1.165) is 6.29 Å². The Morgan fingerprint density at radius 1 is 1.50 bits per heavy atom. The van der Waals surface area contributed by atoms with Crippen LogP contribution in [0.15, 0.2) is 0 Å². The predicted octanol–water partition coefficient (Wildman–Crippen LogP) is -0.182. The lowest BCUT2D eigenvalue weighted by molar-refractivity contribution is -0.113. The van der Waals surface area contributed by atoms with Crippen LogP contribution in [-0.2, 0) is 4.79 Å². The van der Waals surface area contributed by atoms with Gasteiger partial charge in [-0.3, -0.25) is 0 Å². The third-order valence-electron chi connectivity index (χ3n) is 2.12. The Balaban J connectivity index is 2.46. The SMILES string of the molecule is NC1(C=O)CCC(O)CC1. The van der Waals surface area contributed by atoms with Crippen LogP contribution in [0.3, 0.4) is 0 Å². The topological polar surface area (TPSA) is 63.3 Å². The molecule has 58 valence electrons. The van der Waals surface area contributed by atoms with Crippen LogP contribution in [0, 0.1) is 0 Å². The lowest BCUT2D eigenvalue weighted by Gasteiger charge is -2.30. The summed E-state index contributed by atoms with van der Waals surface area (Å²) < 4.78 is 0. The van der Waals surface area contributed by atoms with E-state index in [1.54, 1.807) is 0 Å². The molecule has 0 bridgehead atoms. The van der Waals surface area contributed by atoms with Crippen molar-refractivity contribution in [3.8, 4) is 0 Å². The molecule has 3 heteroatoms. The molecule has 0 saturated heterocycles. The fraction of sp³-hybridized carbons (Fsp3) is 0.857. The standard InChI is InChI=1S/C7H13NO2/c8-7(5-9)3-1-6(10)2-4-7/h5-6,10H,1-4,8H2. The van der Waals surface area contributed by atoms with Gasteiger partial charge in [-0.25, -0.2) is 0 Å². The molecule has 0 aromatic carbocycles. The molecule has 0 aromatic rings. The van der Waals surface area contributed by atoms with Gasteiger partial charge in [-0.1, -0.05) is 0 Å². The molecule has 0 radical (unpaired) electrons. The molecule has 0 amide bonds. The Kier molecular flexibility index (Phi) is 2.06. The summed E-state index contributed by atoms with van der Waals surface area (Å²) in [4.78, 5) is 10.4. The van der Waals surface area contributed by atoms with Gasteiger partial charge in [0.2, 0.25) is 0 Å². The van der Waals surface area contributed by atoms with Gasteiger partial charge in [0.1, 0.15) is 6.29 Å². The number of aldehydes is 1. The number of nitrogens with two attached hydrogens (primary N) is 1. The van der Waals surface area contributed by atoms with Gasteiger partial charge < -0.3 is 15.6 Å². The second-order valence-electron chi connectivity index (χ2n) is 3.08. The van der Waals surface area contributed by atoms with Crippen molar-refractivity contribution in [1.29, 1.82) is 0 Å². The molecule has 1 aliphatic rings. The molecule has 0 aliphatic heterocycles. The van der Waals surface area contributed by atoms with E-state index in [1.165, 1.54) is 0 Å². The third-order valence-corrected chi connectivity index (χ3v) is 2.12. The third kappa shape index (κ3) is 1.55. The summed E-state index contributed by atoms with van der Waals surface area (Å²) in [7, 11) is 0. The molecule has 1 fully saturated rings. The van der Waals surface area contributed by atoms with Crippen molar-refractivity contribution < 1.29 is 9.90 Å². The van der Waals surface area contributed by atoms with E-state index in [0.29, 0.717) is 25.7 Å². The molecule has 1 rings (SSSR count). The van der Waals surface area contributed by atoms with Crippen molar-refractivity contribution >= 4 is 6.29 Å². The smallest absolute Gasteiger partial charge is 0.139 e. The first kappa shape index (κ1) is 7.69. The summed E-state index contributed by atoms with van der Waals surface area (Å²) in [5.41, 5.74) is 5.00. The molecule has 1 aliphatic carbocycles. The molecule has 10 heavy (non-hydrogen) atoms. The van der Waals surface area contributed by atoms with E-state index in [-0.39, 0.29) is 6.10 Å². The van der Waals surface area contributed by atoms with E-state index < -0.39 is 5.54 Å². The van der Waals surface area contributed by atoms with E-state index in [9.17, 15) is 4.79 Å². The van der Waals surface area contributed by atoms with Crippen LogP contribution in [0.2, 0.25) is 0 Å². The molecule has 3 nitrogen and oxygen atoms in total. The van der Waals surface area contributed by atoms with Crippen LogP contribution >= 0.6 is 0 Å². The number of aliphatic hydroxyl groups is 1. The average molecular weight is 143 g/mol. The van der Waals surface area contributed by atoms with Gasteiger partial charge in [-0.05, 0) is 25.7 Å². The minimum atomic E-state index is -0.640. The maximum Gasteiger partial charge on any atom is 0.139 e. The van der Waals surface area contributed by atoms with Crippen LogP contribution in [0.4, 0.5) is 0 Å². The van der Waals surface area contributed by atoms with Crippen molar-refractivity contribution in [1.82, 2.24) is 0 Å². The van der Waals surface area contributed by atoms with E-state index >= 15 is 0 Å². The summed E-state index contributed by atoms with van der Waals surface area (Å²) in [6, 6.07) is 0. The highest BCUT2D eigenvalue weighted by Gasteiger charge is 2.30. The molecule has 0 spiro atoms. The van der Waals surface area contributed by atoms with Gasteiger partial charge >= 0.3 is 0 Å².